The Morgan fingerprint density at radius 1 is 1.10 bits per heavy atom. The molecule has 1 amide bonds. The van der Waals surface area contributed by atoms with E-state index in [-0.39, 0.29) is 24.3 Å². The lowest BCUT2D eigenvalue weighted by Crippen LogP contribution is -2.44. The average molecular weight is 555 g/mol. The second-order valence-electron chi connectivity index (χ2n) is 10.8. The van der Waals surface area contributed by atoms with E-state index < -0.39 is 11.7 Å². The number of carbonyl (C=O) groups is 1. The number of nitrogens with zero attached hydrogens (tertiary/aromatic N) is 6. The number of aromatic nitrogens is 3. The van der Waals surface area contributed by atoms with Crippen LogP contribution in [0.1, 0.15) is 42.0 Å². The zero-order chi connectivity index (χ0) is 27.9. The van der Waals surface area contributed by atoms with Crippen molar-refractivity contribution in [1.82, 2.24) is 24.3 Å². The number of benzene rings is 1. The summed E-state index contributed by atoms with van der Waals surface area (Å²) in [7, 11) is 2.12. The normalized spacial score (nSPS) is 17.9. The first-order valence-corrected chi connectivity index (χ1v) is 13.7. The molecule has 9 nitrogen and oxygen atoms in total. The molecule has 3 aromatic rings. The minimum Gasteiger partial charge on any atom is -0.369 e. The van der Waals surface area contributed by atoms with Crippen LogP contribution in [0.5, 0.6) is 0 Å². The molecule has 0 spiro atoms. The molecule has 6 rings (SSSR count). The Bertz CT molecular complexity index is 1380. The zero-order valence-corrected chi connectivity index (χ0v) is 22.4. The third kappa shape index (κ3) is 5.58. The number of carbonyl (C=O) groups excluding carboxylic acids is 1. The van der Waals surface area contributed by atoms with Gasteiger partial charge in [-0.05, 0) is 68.1 Å². The Labute approximate surface area is 231 Å². The number of alkyl halides is 3. The van der Waals surface area contributed by atoms with Crippen molar-refractivity contribution in [2.75, 3.05) is 61.8 Å². The molecule has 0 atom stereocenters. The van der Waals surface area contributed by atoms with Crippen LogP contribution >= 0.6 is 0 Å². The lowest BCUT2D eigenvalue weighted by Gasteiger charge is -2.34. The number of rotatable bonds is 9. The van der Waals surface area contributed by atoms with E-state index in [1.807, 2.05) is 18.2 Å². The molecule has 40 heavy (non-hydrogen) atoms. The third-order valence-corrected chi connectivity index (χ3v) is 7.82. The molecule has 0 bridgehead atoms. The Hall–Kier alpha value is -3.80. The van der Waals surface area contributed by atoms with Gasteiger partial charge >= 0.3 is 12.2 Å². The smallest absolute Gasteiger partial charge is 0.369 e. The molecule has 12 heteroatoms. The first-order chi connectivity index (χ1) is 19.3. The number of nitrogens with one attached hydrogen (secondary N) is 2. The molecule has 2 aromatic heterocycles. The molecular weight excluding hydrogens is 521 g/mol. The number of fused-ring (bicyclic) bond motifs is 1. The Morgan fingerprint density at radius 2 is 1.90 bits per heavy atom. The van der Waals surface area contributed by atoms with Crippen molar-refractivity contribution >= 4 is 29.2 Å². The minimum absolute atomic E-state index is 0.110. The number of halogens is 3. The van der Waals surface area contributed by atoms with Crippen LogP contribution in [0.4, 0.5) is 41.1 Å². The molecule has 1 saturated carbocycles. The van der Waals surface area contributed by atoms with E-state index >= 15 is 0 Å². The van der Waals surface area contributed by atoms with Crippen molar-refractivity contribution in [1.29, 1.82) is 0 Å². The Kier molecular flexibility index (Phi) is 7.03. The predicted octanol–water partition coefficient (Wildman–Crippen LogP) is 4.96. The SMILES string of the molecule is CN1CCN(c2ccc(Nc3ncc(C(F)(F)F)c(NCCCN4Cc5cccn5C4=O)n3)c(C3CC3)c2)CC1. The van der Waals surface area contributed by atoms with Gasteiger partial charge < -0.3 is 25.3 Å². The molecule has 3 aliphatic rings. The van der Waals surface area contributed by atoms with Crippen molar-refractivity contribution in [3.8, 4) is 0 Å². The number of hydrogen-bond acceptors (Lipinski definition) is 7. The molecule has 2 N–H and O–H groups in total. The Morgan fingerprint density at radius 3 is 2.62 bits per heavy atom. The van der Waals surface area contributed by atoms with Crippen molar-refractivity contribution < 1.29 is 18.0 Å². The summed E-state index contributed by atoms with van der Waals surface area (Å²) in [5.74, 6) is 0.266. The van der Waals surface area contributed by atoms with Gasteiger partial charge in [0, 0.05) is 68.7 Å². The average Bonchev–Trinajstić information content (AvgIpc) is 3.60. The van der Waals surface area contributed by atoms with E-state index in [0.717, 1.165) is 62.2 Å². The van der Waals surface area contributed by atoms with Crippen LogP contribution < -0.4 is 15.5 Å². The number of piperazine rings is 1. The van der Waals surface area contributed by atoms with Gasteiger partial charge in [-0.15, -0.1) is 0 Å². The maximum Gasteiger partial charge on any atom is 0.421 e. The fraction of sp³-hybridized carbons (Fsp3) is 0.464. The van der Waals surface area contributed by atoms with Gasteiger partial charge in [-0.2, -0.15) is 18.2 Å². The fourth-order valence-electron chi connectivity index (χ4n) is 5.36. The topological polar surface area (TPSA) is 81.6 Å². The summed E-state index contributed by atoms with van der Waals surface area (Å²) in [5.41, 5.74) is 3.13. The Balaban J connectivity index is 1.14. The quantitative estimate of drug-likeness (QED) is 0.362. The molecule has 1 aliphatic carbocycles. The number of likely N-dealkylation sites (N-methyl/N-ethyl adjacent to an activating group) is 1. The molecule has 2 fully saturated rings. The van der Waals surface area contributed by atoms with E-state index in [4.69, 9.17) is 0 Å². The first-order valence-electron chi connectivity index (χ1n) is 13.7. The summed E-state index contributed by atoms with van der Waals surface area (Å²) < 4.78 is 42.8. The molecule has 1 saturated heterocycles. The lowest BCUT2D eigenvalue weighted by molar-refractivity contribution is -0.137. The second-order valence-corrected chi connectivity index (χ2v) is 10.8. The number of anilines is 4. The minimum atomic E-state index is -4.60. The van der Waals surface area contributed by atoms with Gasteiger partial charge in [0.25, 0.3) is 0 Å². The molecular formula is C28H33F3N8O. The molecule has 4 heterocycles. The van der Waals surface area contributed by atoms with Gasteiger partial charge in [0.15, 0.2) is 0 Å². The van der Waals surface area contributed by atoms with Gasteiger partial charge in [-0.25, -0.2) is 9.78 Å². The van der Waals surface area contributed by atoms with Gasteiger partial charge in [0.2, 0.25) is 5.95 Å². The molecule has 2 aliphatic heterocycles. The molecule has 0 radical (unpaired) electrons. The van der Waals surface area contributed by atoms with Gasteiger partial charge in [0.1, 0.15) is 11.4 Å². The lowest BCUT2D eigenvalue weighted by atomic mass is 10.1. The largest absolute Gasteiger partial charge is 0.421 e. The second kappa shape index (κ2) is 10.6. The summed E-state index contributed by atoms with van der Waals surface area (Å²) in [6.07, 6.45) is 0.595. The number of hydrogen-bond donors (Lipinski definition) is 2. The van der Waals surface area contributed by atoms with Crippen LogP contribution in [0, 0.1) is 0 Å². The fourth-order valence-corrected chi connectivity index (χ4v) is 5.36. The summed E-state index contributed by atoms with van der Waals surface area (Å²) in [4.78, 5) is 27.0. The standard InChI is InChI=1S/C28H33F3N8O/c1-36-12-14-37(15-13-36)20-7-8-24(22(16-20)19-5-6-19)34-26-33-17-23(28(29,30)31)25(35-26)32-9-3-10-38-18-21-4-2-11-39(21)27(38)40/h2,4,7-8,11,16-17,19H,3,5-6,9-10,12-15,18H2,1H3,(H2,32,33,34,35). The first kappa shape index (κ1) is 26.4. The summed E-state index contributed by atoms with van der Waals surface area (Å²) in [6.45, 7) is 5.10. The maximum atomic E-state index is 13.7. The van der Waals surface area contributed by atoms with E-state index in [1.165, 1.54) is 5.69 Å². The van der Waals surface area contributed by atoms with Crippen LogP contribution in [-0.4, -0.2) is 76.7 Å². The van der Waals surface area contributed by atoms with Crippen molar-refractivity contribution in [2.24, 2.45) is 0 Å². The maximum absolute atomic E-state index is 13.7. The van der Waals surface area contributed by atoms with Crippen molar-refractivity contribution in [3.05, 3.63) is 59.5 Å². The zero-order valence-electron chi connectivity index (χ0n) is 22.4. The molecule has 0 unspecified atom stereocenters. The monoisotopic (exact) mass is 554 g/mol. The molecule has 1 aromatic carbocycles. The van der Waals surface area contributed by atoms with Crippen LogP contribution in [0.25, 0.3) is 0 Å². The van der Waals surface area contributed by atoms with E-state index in [9.17, 15) is 18.0 Å². The van der Waals surface area contributed by atoms with Gasteiger partial charge in [-0.1, -0.05) is 0 Å². The predicted molar refractivity (Wildman–Crippen MR) is 147 cm³/mol. The highest BCUT2D eigenvalue weighted by Crippen LogP contribution is 2.45. The van der Waals surface area contributed by atoms with Crippen LogP contribution in [-0.2, 0) is 12.7 Å². The summed E-state index contributed by atoms with van der Waals surface area (Å²) in [5, 5.41) is 6.02. The third-order valence-electron chi connectivity index (χ3n) is 7.82. The van der Waals surface area contributed by atoms with Gasteiger partial charge in [0.05, 0.1) is 6.54 Å². The van der Waals surface area contributed by atoms with E-state index in [1.54, 1.807) is 15.7 Å². The highest BCUT2D eigenvalue weighted by Gasteiger charge is 2.35. The van der Waals surface area contributed by atoms with Gasteiger partial charge in [-0.3, -0.25) is 4.57 Å². The van der Waals surface area contributed by atoms with E-state index in [0.29, 0.717) is 25.4 Å². The van der Waals surface area contributed by atoms with Crippen LogP contribution in [0.2, 0.25) is 0 Å². The number of amides is 1. The van der Waals surface area contributed by atoms with Crippen molar-refractivity contribution in [2.45, 2.75) is 37.9 Å². The van der Waals surface area contributed by atoms with E-state index in [2.05, 4.69) is 49.6 Å². The summed E-state index contributed by atoms with van der Waals surface area (Å²) in [6, 6.07) is 9.83. The van der Waals surface area contributed by atoms with Crippen molar-refractivity contribution in [3.63, 3.8) is 0 Å². The summed E-state index contributed by atoms with van der Waals surface area (Å²) >= 11 is 0. The highest BCUT2D eigenvalue weighted by atomic mass is 19.4. The van der Waals surface area contributed by atoms with Crippen LogP contribution in [0.3, 0.4) is 0 Å². The highest BCUT2D eigenvalue weighted by molar-refractivity contribution is 5.80. The molecule has 212 valence electrons. The van der Waals surface area contributed by atoms with Crippen LogP contribution in [0.15, 0.2) is 42.7 Å².